The molecule has 1 fully saturated rings. The molecule has 1 aliphatic carbocycles. The summed E-state index contributed by atoms with van der Waals surface area (Å²) >= 11 is 0. The van der Waals surface area contributed by atoms with Crippen LogP contribution in [0.2, 0.25) is 0 Å². The van der Waals surface area contributed by atoms with Gasteiger partial charge in [0.05, 0.1) is 6.61 Å². The second-order valence-corrected chi connectivity index (χ2v) is 6.35. The zero-order chi connectivity index (χ0) is 12.6. The van der Waals surface area contributed by atoms with E-state index in [-0.39, 0.29) is 0 Å². The number of nitrogens with one attached hydrogen (secondary N) is 1. The lowest BCUT2D eigenvalue weighted by molar-refractivity contribution is 0.165. The highest BCUT2D eigenvalue weighted by Crippen LogP contribution is 2.43. The number of rotatable bonds is 2. The Hall–Kier alpha value is -0.860. The summed E-state index contributed by atoms with van der Waals surface area (Å²) < 4.78 is 5.49. The van der Waals surface area contributed by atoms with E-state index in [0.29, 0.717) is 17.5 Å². The second kappa shape index (κ2) is 4.67. The standard InChI is InChI=1S/C16H23NO/c1-16(2)9-7-12-5-3-4-6-14(12)15(16)17-13-8-10-18-11-13/h3-6,13,15,17H,7-11H2,1-2H3. The second-order valence-electron chi connectivity index (χ2n) is 6.35. The third-order valence-corrected chi connectivity index (χ3v) is 4.52. The van der Waals surface area contributed by atoms with Crippen LogP contribution in [0.15, 0.2) is 24.3 Å². The number of hydrogen-bond donors (Lipinski definition) is 1. The van der Waals surface area contributed by atoms with Crippen LogP contribution in [-0.4, -0.2) is 19.3 Å². The average Bonchev–Trinajstić information content (AvgIpc) is 2.86. The molecule has 1 aromatic carbocycles. The van der Waals surface area contributed by atoms with Gasteiger partial charge in [0.1, 0.15) is 0 Å². The van der Waals surface area contributed by atoms with Crippen LogP contribution in [0.25, 0.3) is 0 Å². The fourth-order valence-corrected chi connectivity index (χ4v) is 3.28. The van der Waals surface area contributed by atoms with E-state index in [4.69, 9.17) is 4.74 Å². The molecule has 0 radical (unpaired) electrons. The van der Waals surface area contributed by atoms with E-state index in [1.54, 1.807) is 0 Å². The first-order valence-corrected chi connectivity index (χ1v) is 7.08. The monoisotopic (exact) mass is 245 g/mol. The number of aryl methyl sites for hydroxylation is 1. The molecular formula is C16H23NO. The van der Waals surface area contributed by atoms with Crippen LogP contribution in [-0.2, 0) is 11.2 Å². The molecule has 2 aliphatic rings. The molecule has 3 rings (SSSR count). The number of hydrogen-bond acceptors (Lipinski definition) is 2. The average molecular weight is 245 g/mol. The van der Waals surface area contributed by atoms with Gasteiger partial charge < -0.3 is 10.1 Å². The molecule has 1 aromatic rings. The molecule has 1 N–H and O–H groups in total. The highest BCUT2D eigenvalue weighted by atomic mass is 16.5. The normalized spacial score (nSPS) is 30.1. The van der Waals surface area contributed by atoms with E-state index >= 15 is 0 Å². The number of benzene rings is 1. The van der Waals surface area contributed by atoms with Crippen molar-refractivity contribution in [2.75, 3.05) is 13.2 Å². The first-order chi connectivity index (χ1) is 8.67. The van der Waals surface area contributed by atoms with E-state index in [9.17, 15) is 0 Å². The van der Waals surface area contributed by atoms with Crippen molar-refractivity contribution < 1.29 is 4.74 Å². The largest absolute Gasteiger partial charge is 0.380 e. The van der Waals surface area contributed by atoms with Crippen molar-refractivity contribution in [3.63, 3.8) is 0 Å². The summed E-state index contributed by atoms with van der Waals surface area (Å²) in [7, 11) is 0. The Bertz CT molecular complexity index is 421. The Kier molecular flexibility index (Phi) is 3.16. The van der Waals surface area contributed by atoms with Crippen LogP contribution in [0, 0.1) is 5.41 Å². The SMILES string of the molecule is CC1(C)CCc2ccccc2C1NC1CCOC1. The first kappa shape index (κ1) is 12.2. The van der Waals surface area contributed by atoms with Gasteiger partial charge in [0, 0.05) is 18.7 Å². The van der Waals surface area contributed by atoms with E-state index in [1.165, 1.54) is 24.0 Å². The van der Waals surface area contributed by atoms with Crippen LogP contribution in [0.3, 0.4) is 0 Å². The lowest BCUT2D eigenvalue weighted by atomic mass is 9.70. The molecule has 0 bridgehead atoms. The predicted molar refractivity (Wildman–Crippen MR) is 73.6 cm³/mol. The third kappa shape index (κ3) is 2.19. The van der Waals surface area contributed by atoms with Crippen molar-refractivity contribution in [3.8, 4) is 0 Å². The Morgan fingerprint density at radius 3 is 2.89 bits per heavy atom. The molecular weight excluding hydrogens is 222 g/mol. The van der Waals surface area contributed by atoms with Gasteiger partial charge in [0.15, 0.2) is 0 Å². The van der Waals surface area contributed by atoms with Crippen molar-refractivity contribution in [3.05, 3.63) is 35.4 Å². The van der Waals surface area contributed by atoms with Gasteiger partial charge in [0.2, 0.25) is 0 Å². The van der Waals surface area contributed by atoms with Gasteiger partial charge in [-0.1, -0.05) is 38.1 Å². The molecule has 2 atom stereocenters. The van der Waals surface area contributed by atoms with E-state index < -0.39 is 0 Å². The Balaban J connectivity index is 1.88. The van der Waals surface area contributed by atoms with Gasteiger partial charge in [-0.3, -0.25) is 0 Å². The van der Waals surface area contributed by atoms with Gasteiger partial charge in [-0.15, -0.1) is 0 Å². The molecule has 1 saturated heterocycles. The molecule has 0 saturated carbocycles. The summed E-state index contributed by atoms with van der Waals surface area (Å²) in [5.74, 6) is 0. The third-order valence-electron chi connectivity index (χ3n) is 4.52. The molecule has 1 aliphatic heterocycles. The van der Waals surface area contributed by atoms with Crippen molar-refractivity contribution in [2.24, 2.45) is 5.41 Å². The maximum atomic E-state index is 5.49. The zero-order valence-electron chi connectivity index (χ0n) is 11.4. The molecule has 0 aromatic heterocycles. The zero-order valence-corrected chi connectivity index (χ0v) is 11.4. The van der Waals surface area contributed by atoms with Crippen LogP contribution in [0.5, 0.6) is 0 Å². The highest BCUT2D eigenvalue weighted by molar-refractivity contribution is 5.34. The maximum Gasteiger partial charge on any atom is 0.0620 e. The van der Waals surface area contributed by atoms with E-state index in [1.807, 2.05) is 0 Å². The minimum atomic E-state index is 0.330. The molecule has 1 heterocycles. The van der Waals surface area contributed by atoms with Crippen LogP contribution >= 0.6 is 0 Å². The summed E-state index contributed by atoms with van der Waals surface area (Å²) in [4.78, 5) is 0. The first-order valence-electron chi connectivity index (χ1n) is 7.08. The van der Waals surface area contributed by atoms with Gasteiger partial charge >= 0.3 is 0 Å². The van der Waals surface area contributed by atoms with Crippen molar-refractivity contribution in [2.45, 2.75) is 45.2 Å². The van der Waals surface area contributed by atoms with Gasteiger partial charge in [-0.2, -0.15) is 0 Å². The summed E-state index contributed by atoms with van der Waals surface area (Å²) in [5, 5.41) is 3.84. The fraction of sp³-hybridized carbons (Fsp3) is 0.625. The molecule has 2 heteroatoms. The summed E-state index contributed by atoms with van der Waals surface area (Å²) in [6.07, 6.45) is 3.62. The smallest absolute Gasteiger partial charge is 0.0620 e. The Morgan fingerprint density at radius 2 is 2.11 bits per heavy atom. The Morgan fingerprint density at radius 1 is 1.28 bits per heavy atom. The minimum Gasteiger partial charge on any atom is -0.380 e. The molecule has 98 valence electrons. The lowest BCUT2D eigenvalue weighted by Gasteiger charge is -2.42. The number of ether oxygens (including phenoxy) is 1. The summed E-state index contributed by atoms with van der Waals surface area (Å²) in [6, 6.07) is 9.90. The molecule has 0 spiro atoms. The van der Waals surface area contributed by atoms with E-state index in [2.05, 4.69) is 43.4 Å². The minimum absolute atomic E-state index is 0.330. The summed E-state index contributed by atoms with van der Waals surface area (Å²) in [5.41, 5.74) is 3.35. The van der Waals surface area contributed by atoms with Crippen molar-refractivity contribution in [1.29, 1.82) is 0 Å². The van der Waals surface area contributed by atoms with Gasteiger partial charge in [-0.05, 0) is 35.8 Å². The van der Waals surface area contributed by atoms with E-state index in [0.717, 1.165) is 19.6 Å². The van der Waals surface area contributed by atoms with Crippen molar-refractivity contribution >= 4 is 0 Å². The molecule has 2 unspecified atom stereocenters. The predicted octanol–water partition coefficient (Wildman–Crippen LogP) is 3.08. The Labute approximate surface area is 110 Å². The van der Waals surface area contributed by atoms with Gasteiger partial charge in [0.25, 0.3) is 0 Å². The highest BCUT2D eigenvalue weighted by Gasteiger charge is 2.37. The topological polar surface area (TPSA) is 21.3 Å². The molecule has 18 heavy (non-hydrogen) atoms. The fourth-order valence-electron chi connectivity index (χ4n) is 3.28. The maximum absolute atomic E-state index is 5.49. The quantitative estimate of drug-likeness (QED) is 0.864. The van der Waals surface area contributed by atoms with Crippen LogP contribution in [0.1, 0.15) is 43.9 Å². The van der Waals surface area contributed by atoms with Crippen molar-refractivity contribution in [1.82, 2.24) is 5.32 Å². The van der Waals surface area contributed by atoms with Gasteiger partial charge in [-0.25, -0.2) is 0 Å². The summed E-state index contributed by atoms with van der Waals surface area (Å²) in [6.45, 7) is 6.55. The van der Waals surface area contributed by atoms with Crippen LogP contribution < -0.4 is 5.32 Å². The molecule has 2 nitrogen and oxygen atoms in total. The lowest BCUT2D eigenvalue weighted by Crippen LogP contribution is -2.43. The van der Waals surface area contributed by atoms with Crippen LogP contribution in [0.4, 0.5) is 0 Å². The molecule has 0 amide bonds. The number of fused-ring (bicyclic) bond motifs is 1.